The monoisotopic (exact) mass is 203 g/mol. The van der Waals surface area contributed by atoms with Crippen LogP contribution in [0.2, 0.25) is 0 Å². The van der Waals surface area contributed by atoms with E-state index in [9.17, 15) is 0 Å². The van der Waals surface area contributed by atoms with Crippen LogP contribution in [0.15, 0.2) is 18.2 Å². The fraction of sp³-hybridized carbons (Fsp3) is 0.364. The number of rotatable bonds is 1. The number of imidazole rings is 1. The molecule has 1 unspecified atom stereocenters. The summed E-state index contributed by atoms with van der Waals surface area (Å²) in [6, 6.07) is 5.98. The van der Waals surface area contributed by atoms with E-state index in [4.69, 9.17) is 10.5 Å². The number of para-hydroxylation sites is 1. The van der Waals surface area contributed by atoms with Crippen LogP contribution in [0.4, 0.5) is 0 Å². The van der Waals surface area contributed by atoms with E-state index in [0.717, 1.165) is 35.6 Å². The van der Waals surface area contributed by atoms with Gasteiger partial charge in [0.2, 0.25) is 0 Å². The minimum absolute atomic E-state index is 0.0714. The van der Waals surface area contributed by atoms with Crippen LogP contribution in [0.25, 0.3) is 11.0 Å². The maximum absolute atomic E-state index is 5.98. The summed E-state index contributed by atoms with van der Waals surface area (Å²) in [6.07, 6.45) is 0.969. The van der Waals surface area contributed by atoms with Crippen molar-refractivity contribution in [1.29, 1.82) is 0 Å². The molecule has 0 saturated heterocycles. The first kappa shape index (κ1) is 8.73. The minimum atomic E-state index is 0.0714. The molecule has 1 aliphatic rings. The number of methoxy groups -OCH3 is 1. The zero-order chi connectivity index (χ0) is 10.4. The van der Waals surface area contributed by atoms with Gasteiger partial charge in [0.05, 0.1) is 18.7 Å². The van der Waals surface area contributed by atoms with Gasteiger partial charge in [0.25, 0.3) is 0 Å². The molecule has 0 spiro atoms. The Balaban J connectivity index is 2.36. The van der Waals surface area contributed by atoms with Gasteiger partial charge >= 0.3 is 0 Å². The summed E-state index contributed by atoms with van der Waals surface area (Å²) in [5, 5.41) is 0. The van der Waals surface area contributed by atoms with E-state index >= 15 is 0 Å². The van der Waals surface area contributed by atoms with Crippen molar-refractivity contribution in [2.24, 2.45) is 5.73 Å². The number of hydrogen-bond donors (Lipinski definition) is 1. The average Bonchev–Trinajstić information content (AvgIpc) is 2.78. The molecular formula is C11H13N3O. The first-order valence-corrected chi connectivity index (χ1v) is 5.10. The summed E-state index contributed by atoms with van der Waals surface area (Å²) in [6.45, 7) is 0.938. The molecule has 78 valence electrons. The topological polar surface area (TPSA) is 53.1 Å². The Bertz CT molecular complexity index is 518. The smallest absolute Gasteiger partial charge is 0.144 e. The number of aryl methyl sites for hydroxylation is 1. The standard InChI is InChI=1S/C11H13N3O/c1-15-9-4-2-3-8-10(9)14-6-5-7(12)11(14)13-8/h2-4,7H,5-6,12H2,1H3. The molecule has 4 heteroatoms. The lowest BCUT2D eigenvalue weighted by molar-refractivity contribution is 0.417. The molecular weight excluding hydrogens is 190 g/mol. The van der Waals surface area contributed by atoms with Gasteiger partial charge < -0.3 is 15.0 Å². The molecule has 0 bridgehead atoms. The van der Waals surface area contributed by atoms with E-state index < -0.39 is 0 Å². The summed E-state index contributed by atoms with van der Waals surface area (Å²) in [5.74, 6) is 1.86. The van der Waals surface area contributed by atoms with Crippen LogP contribution in [0.5, 0.6) is 5.75 Å². The fourth-order valence-electron chi connectivity index (χ4n) is 2.24. The number of hydrogen-bond acceptors (Lipinski definition) is 3. The third-order valence-corrected chi connectivity index (χ3v) is 2.97. The Labute approximate surface area is 87.7 Å². The van der Waals surface area contributed by atoms with Crippen molar-refractivity contribution in [2.75, 3.05) is 7.11 Å². The third kappa shape index (κ3) is 1.08. The normalized spacial score (nSPS) is 19.5. The highest BCUT2D eigenvalue weighted by Crippen LogP contribution is 2.32. The highest BCUT2D eigenvalue weighted by atomic mass is 16.5. The highest BCUT2D eigenvalue weighted by Gasteiger charge is 2.24. The molecule has 3 rings (SSSR count). The number of aromatic nitrogens is 2. The van der Waals surface area contributed by atoms with Crippen molar-refractivity contribution in [3.63, 3.8) is 0 Å². The number of ether oxygens (including phenoxy) is 1. The minimum Gasteiger partial charge on any atom is -0.494 e. The van der Waals surface area contributed by atoms with Gasteiger partial charge in [-0.1, -0.05) is 6.07 Å². The highest BCUT2D eigenvalue weighted by molar-refractivity contribution is 5.83. The molecule has 0 amide bonds. The van der Waals surface area contributed by atoms with Gasteiger partial charge in [-0.3, -0.25) is 0 Å². The van der Waals surface area contributed by atoms with Gasteiger partial charge in [0.1, 0.15) is 17.1 Å². The van der Waals surface area contributed by atoms with Gasteiger partial charge in [0.15, 0.2) is 0 Å². The van der Waals surface area contributed by atoms with E-state index in [0.29, 0.717) is 0 Å². The summed E-state index contributed by atoms with van der Waals surface area (Å²) in [7, 11) is 1.68. The second kappa shape index (κ2) is 2.97. The van der Waals surface area contributed by atoms with E-state index in [1.165, 1.54) is 0 Å². The lowest BCUT2D eigenvalue weighted by atomic mass is 10.2. The van der Waals surface area contributed by atoms with Crippen LogP contribution in [0.3, 0.4) is 0 Å². The maximum atomic E-state index is 5.98. The molecule has 1 aromatic carbocycles. The molecule has 0 fully saturated rings. The van der Waals surface area contributed by atoms with Crippen LogP contribution in [0.1, 0.15) is 18.3 Å². The van der Waals surface area contributed by atoms with E-state index in [2.05, 4.69) is 9.55 Å². The zero-order valence-electron chi connectivity index (χ0n) is 8.60. The summed E-state index contributed by atoms with van der Waals surface area (Å²) in [5.41, 5.74) is 8.02. The van der Waals surface area contributed by atoms with Gasteiger partial charge in [-0.15, -0.1) is 0 Å². The molecule has 1 atom stereocenters. The third-order valence-electron chi connectivity index (χ3n) is 2.97. The van der Waals surface area contributed by atoms with Crippen molar-refractivity contribution in [3.8, 4) is 5.75 Å². The fourth-order valence-corrected chi connectivity index (χ4v) is 2.24. The maximum Gasteiger partial charge on any atom is 0.144 e. The van der Waals surface area contributed by atoms with Crippen LogP contribution >= 0.6 is 0 Å². The Morgan fingerprint density at radius 2 is 2.40 bits per heavy atom. The Morgan fingerprint density at radius 1 is 1.53 bits per heavy atom. The quantitative estimate of drug-likeness (QED) is 0.763. The van der Waals surface area contributed by atoms with Crippen LogP contribution in [-0.2, 0) is 6.54 Å². The molecule has 1 aromatic heterocycles. The van der Waals surface area contributed by atoms with E-state index in [1.807, 2.05) is 18.2 Å². The van der Waals surface area contributed by atoms with Gasteiger partial charge in [-0.05, 0) is 18.6 Å². The Morgan fingerprint density at radius 3 is 3.20 bits per heavy atom. The molecule has 0 saturated carbocycles. The summed E-state index contributed by atoms with van der Waals surface area (Å²) in [4.78, 5) is 4.54. The van der Waals surface area contributed by atoms with Crippen LogP contribution in [-0.4, -0.2) is 16.7 Å². The molecule has 2 N–H and O–H groups in total. The van der Waals surface area contributed by atoms with Crippen molar-refractivity contribution >= 4 is 11.0 Å². The van der Waals surface area contributed by atoms with Gasteiger partial charge in [-0.2, -0.15) is 0 Å². The molecule has 2 aromatic rings. The average molecular weight is 203 g/mol. The Kier molecular flexibility index (Phi) is 1.73. The van der Waals surface area contributed by atoms with E-state index in [1.54, 1.807) is 7.11 Å². The second-order valence-electron chi connectivity index (χ2n) is 3.84. The lowest BCUT2D eigenvalue weighted by Crippen LogP contribution is -2.06. The van der Waals surface area contributed by atoms with Crippen molar-refractivity contribution in [2.45, 2.75) is 19.0 Å². The molecule has 2 heterocycles. The number of nitrogens with two attached hydrogens (primary N) is 1. The molecule has 4 nitrogen and oxygen atoms in total. The number of fused-ring (bicyclic) bond motifs is 3. The number of benzene rings is 1. The lowest BCUT2D eigenvalue weighted by Gasteiger charge is -2.04. The van der Waals surface area contributed by atoms with Gasteiger partial charge in [0, 0.05) is 6.54 Å². The summed E-state index contributed by atoms with van der Waals surface area (Å²) < 4.78 is 7.51. The second-order valence-corrected chi connectivity index (χ2v) is 3.84. The predicted octanol–water partition coefficient (Wildman–Crippen LogP) is 1.45. The van der Waals surface area contributed by atoms with Crippen LogP contribution in [0, 0.1) is 0 Å². The van der Waals surface area contributed by atoms with Gasteiger partial charge in [-0.25, -0.2) is 4.98 Å². The molecule has 0 aliphatic carbocycles. The largest absolute Gasteiger partial charge is 0.494 e. The summed E-state index contributed by atoms with van der Waals surface area (Å²) >= 11 is 0. The van der Waals surface area contributed by atoms with Crippen molar-refractivity contribution in [1.82, 2.24) is 9.55 Å². The Hall–Kier alpha value is -1.55. The molecule has 1 aliphatic heterocycles. The SMILES string of the molecule is COc1cccc2nc3n(c12)CCC3N. The first-order valence-electron chi connectivity index (χ1n) is 5.10. The first-order chi connectivity index (χ1) is 7.31. The van der Waals surface area contributed by atoms with Crippen LogP contribution < -0.4 is 10.5 Å². The predicted molar refractivity (Wildman–Crippen MR) is 57.8 cm³/mol. The van der Waals surface area contributed by atoms with Crippen molar-refractivity contribution in [3.05, 3.63) is 24.0 Å². The molecule has 15 heavy (non-hydrogen) atoms. The number of nitrogens with zero attached hydrogens (tertiary/aromatic N) is 2. The zero-order valence-corrected chi connectivity index (χ0v) is 8.60. The molecule has 0 radical (unpaired) electrons. The van der Waals surface area contributed by atoms with E-state index in [-0.39, 0.29) is 6.04 Å². The van der Waals surface area contributed by atoms with Crippen molar-refractivity contribution < 1.29 is 4.74 Å².